The molecule has 0 bridgehead atoms. The van der Waals surface area contributed by atoms with E-state index in [-0.39, 0.29) is 0 Å². The molecule has 0 aromatic heterocycles. The summed E-state index contributed by atoms with van der Waals surface area (Å²) >= 11 is 6.01. The van der Waals surface area contributed by atoms with Crippen LogP contribution in [0.25, 0.3) is 0 Å². The molecule has 3 heteroatoms. The van der Waals surface area contributed by atoms with Crippen LogP contribution in [-0.4, -0.2) is 19.7 Å². The predicted molar refractivity (Wildman–Crippen MR) is 76.5 cm³/mol. The van der Waals surface area contributed by atoms with E-state index in [0.29, 0.717) is 6.10 Å². The van der Waals surface area contributed by atoms with Gasteiger partial charge in [0.2, 0.25) is 0 Å². The van der Waals surface area contributed by atoms with E-state index in [9.17, 15) is 0 Å². The minimum Gasteiger partial charge on any atom is -0.490 e. The van der Waals surface area contributed by atoms with Crippen LogP contribution in [0.1, 0.15) is 31.2 Å². The van der Waals surface area contributed by atoms with Gasteiger partial charge in [0.05, 0.1) is 6.10 Å². The number of hydrogen-bond donors (Lipinski definition) is 1. The summed E-state index contributed by atoms with van der Waals surface area (Å²) in [6, 6.07) is 5.91. The minimum absolute atomic E-state index is 0.374. The lowest BCUT2D eigenvalue weighted by atomic mass is 9.87. The van der Waals surface area contributed by atoms with E-state index in [1.165, 1.54) is 12.8 Å². The van der Waals surface area contributed by atoms with Gasteiger partial charge in [-0.05, 0) is 75.9 Å². The Bertz CT molecular complexity index is 386. The van der Waals surface area contributed by atoms with Gasteiger partial charge < -0.3 is 10.1 Å². The van der Waals surface area contributed by atoms with Crippen molar-refractivity contribution in [3.63, 3.8) is 0 Å². The Morgan fingerprint density at radius 3 is 2.61 bits per heavy atom. The summed E-state index contributed by atoms with van der Waals surface area (Å²) in [4.78, 5) is 0. The van der Waals surface area contributed by atoms with E-state index < -0.39 is 0 Å². The molecule has 100 valence electrons. The van der Waals surface area contributed by atoms with Crippen molar-refractivity contribution in [3.8, 4) is 5.75 Å². The maximum Gasteiger partial charge on any atom is 0.120 e. The minimum atomic E-state index is 0.374. The predicted octanol–water partition coefficient (Wildman–Crippen LogP) is 3.81. The topological polar surface area (TPSA) is 21.3 Å². The molecule has 0 spiro atoms. The SMILES string of the molecule is CNCC1CCC(Oc2ccc(Cl)c(C)c2)CC1. The molecule has 1 aliphatic carbocycles. The Balaban J connectivity index is 1.85. The largest absolute Gasteiger partial charge is 0.490 e. The van der Waals surface area contributed by atoms with Crippen LogP contribution in [0, 0.1) is 12.8 Å². The lowest BCUT2D eigenvalue weighted by molar-refractivity contribution is 0.131. The van der Waals surface area contributed by atoms with Crippen LogP contribution in [0.4, 0.5) is 0 Å². The summed E-state index contributed by atoms with van der Waals surface area (Å²) in [7, 11) is 2.03. The van der Waals surface area contributed by atoms with Crippen molar-refractivity contribution in [2.45, 2.75) is 38.7 Å². The highest BCUT2D eigenvalue weighted by Crippen LogP contribution is 2.28. The highest BCUT2D eigenvalue weighted by Gasteiger charge is 2.21. The maximum absolute atomic E-state index is 6.04. The molecule has 0 unspecified atom stereocenters. The van der Waals surface area contributed by atoms with Crippen molar-refractivity contribution in [1.82, 2.24) is 5.32 Å². The Morgan fingerprint density at radius 1 is 1.28 bits per heavy atom. The molecule has 18 heavy (non-hydrogen) atoms. The molecule has 2 nitrogen and oxygen atoms in total. The molecule has 0 atom stereocenters. The second-order valence-electron chi connectivity index (χ2n) is 5.23. The molecule has 0 aliphatic heterocycles. The first-order valence-electron chi connectivity index (χ1n) is 6.76. The Hall–Kier alpha value is -0.730. The second kappa shape index (κ2) is 6.44. The Labute approximate surface area is 115 Å². The summed E-state index contributed by atoms with van der Waals surface area (Å²) in [5, 5.41) is 4.07. The number of rotatable bonds is 4. The molecule has 1 N–H and O–H groups in total. The number of benzene rings is 1. The fraction of sp³-hybridized carbons (Fsp3) is 0.600. The molecule has 0 amide bonds. The van der Waals surface area contributed by atoms with Gasteiger partial charge in [0, 0.05) is 5.02 Å². The first-order valence-corrected chi connectivity index (χ1v) is 7.14. The van der Waals surface area contributed by atoms with E-state index in [1.54, 1.807) is 0 Å². The highest BCUT2D eigenvalue weighted by atomic mass is 35.5. The third-order valence-electron chi connectivity index (χ3n) is 3.72. The van der Waals surface area contributed by atoms with Gasteiger partial charge in [-0.1, -0.05) is 11.6 Å². The zero-order valence-electron chi connectivity index (χ0n) is 11.2. The highest BCUT2D eigenvalue weighted by molar-refractivity contribution is 6.31. The monoisotopic (exact) mass is 267 g/mol. The van der Waals surface area contributed by atoms with Gasteiger partial charge in [0.15, 0.2) is 0 Å². The zero-order valence-corrected chi connectivity index (χ0v) is 12.0. The molecule has 1 saturated carbocycles. The van der Waals surface area contributed by atoms with Gasteiger partial charge in [-0.25, -0.2) is 0 Å². The molecule has 2 rings (SSSR count). The van der Waals surface area contributed by atoms with Crippen molar-refractivity contribution in [3.05, 3.63) is 28.8 Å². The summed E-state index contributed by atoms with van der Waals surface area (Å²) in [5.41, 5.74) is 1.08. The normalized spacial score (nSPS) is 23.9. The third kappa shape index (κ3) is 3.63. The number of nitrogens with one attached hydrogen (secondary N) is 1. The average molecular weight is 268 g/mol. The smallest absolute Gasteiger partial charge is 0.120 e. The second-order valence-corrected chi connectivity index (χ2v) is 5.64. The Morgan fingerprint density at radius 2 is 2.00 bits per heavy atom. The van der Waals surface area contributed by atoms with E-state index in [1.807, 2.05) is 32.2 Å². The third-order valence-corrected chi connectivity index (χ3v) is 4.14. The maximum atomic E-state index is 6.04. The van der Waals surface area contributed by atoms with Gasteiger partial charge in [-0.15, -0.1) is 0 Å². The van der Waals surface area contributed by atoms with Crippen molar-refractivity contribution in [2.75, 3.05) is 13.6 Å². The van der Waals surface area contributed by atoms with Crippen molar-refractivity contribution < 1.29 is 4.74 Å². The average Bonchev–Trinajstić information content (AvgIpc) is 2.37. The quantitative estimate of drug-likeness (QED) is 0.896. The van der Waals surface area contributed by atoms with Gasteiger partial charge in [-0.3, -0.25) is 0 Å². The van der Waals surface area contributed by atoms with E-state index in [2.05, 4.69) is 5.32 Å². The zero-order chi connectivity index (χ0) is 13.0. The van der Waals surface area contributed by atoms with Crippen LogP contribution in [0.15, 0.2) is 18.2 Å². The first kappa shape index (κ1) is 13.7. The Kier molecular flexibility index (Phi) is 4.90. The number of ether oxygens (including phenoxy) is 1. The summed E-state index contributed by atoms with van der Waals surface area (Å²) in [6.45, 7) is 3.14. The van der Waals surface area contributed by atoms with Crippen LogP contribution < -0.4 is 10.1 Å². The van der Waals surface area contributed by atoms with Crippen LogP contribution in [-0.2, 0) is 0 Å². The number of aryl methyl sites for hydroxylation is 1. The fourth-order valence-corrected chi connectivity index (χ4v) is 2.74. The van der Waals surface area contributed by atoms with Crippen molar-refractivity contribution >= 4 is 11.6 Å². The van der Waals surface area contributed by atoms with Gasteiger partial charge in [0.1, 0.15) is 5.75 Å². The van der Waals surface area contributed by atoms with E-state index >= 15 is 0 Å². The molecule has 1 aromatic rings. The molecule has 1 aromatic carbocycles. The van der Waals surface area contributed by atoms with Crippen LogP contribution in [0.5, 0.6) is 5.75 Å². The first-order chi connectivity index (χ1) is 8.69. The standard InChI is InChI=1S/C15H22ClNO/c1-11-9-14(7-8-15(11)16)18-13-5-3-12(4-6-13)10-17-2/h7-9,12-13,17H,3-6,10H2,1-2H3. The van der Waals surface area contributed by atoms with Gasteiger partial charge in [0.25, 0.3) is 0 Å². The molecule has 0 heterocycles. The molecule has 0 radical (unpaired) electrons. The van der Waals surface area contributed by atoms with E-state index in [0.717, 1.165) is 41.6 Å². The lowest BCUT2D eigenvalue weighted by Gasteiger charge is -2.29. The van der Waals surface area contributed by atoms with Crippen LogP contribution in [0.2, 0.25) is 5.02 Å². The van der Waals surface area contributed by atoms with Crippen LogP contribution in [0.3, 0.4) is 0 Å². The molecule has 1 aliphatic rings. The van der Waals surface area contributed by atoms with E-state index in [4.69, 9.17) is 16.3 Å². The lowest BCUT2D eigenvalue weighted by Crippen LogP contribution is -2.28. The molecular formula is C15H22ClNO. The van der Waals surface area contributed by atoms with Crippen molar-refractivity contribution in [1.29, 1.82) is 0 Å². The fourth-order valence-electron chi connectivity index (χ4n) is 2.63. The van der Waals surface area contributed by atoms with Gasteiger partial charge >= 0.3 is 0 Å². The summed E-state index contributed by atoms with van der Waals surface area (Å²) < 4.78 is 6.04. The molecule has 1 fully saturated rings. The molecule has 0 saturated heterocycles. The van der Waals surface area contributed by atoms with Crippen molar-refractivity contribution in [2.24, 2.45) is 5.92 Å². The summed E-state index contributed by atoms with van der Waals surface area (Å²) in [5.74, 6) is 1.77. The number of hydrogen-bond acceptors (Lipinski definition) is 2. The summed E-state index contributed by atoms with van der Waals surface area (Å²) in [6.07, 6.45) is 5.22. The van der Waals surface area contributed by atoms with Crippen LogP contribution >= 0.6 is 11.6 Å². The molecular weight excluding hydrogens is 246 g/mol. The van der Waals surface area contributed by atoms with Gasteiger partial charge in [-0.2, -0.15) is 0 Å². The number of halogens is 1.